The van der Waals surface area contributed by atoms with E-state index in [4.69, 9.17) is 9.47 Å². The van der Waals surface area contributed by atoms with Crippen molar-refractivity contribution in [2.75, 3.05) is 6.61 Å². The van der Waals surface area contributed by atoms with Crippen LogP contribution >= 0.6 is 0 Å². The van der Waals surface area contributed by atoms with Crippen molar-refractivity contribution >= 4 is 11.9 Å². The number of nitrogens with zero attached hydrogens (tertiary/aromatic N) is 2. The van der Waals surface area contributed by atoms with Gasteiger partial charge < -0.3 is 14.6 Å². The normalized spacial score (nSPS) is 22.8. The first-order valence-corrected chi connectivity index (χ1v) is 8.17. The Bertz CT molecular complexity index is 780. The lowest BCUT2D eigenvalue weighted by Gasteiger charge is -2.17. The summed E-state index contributed by atoms with van der Waals surface area (Å²) < 4.78 is 12.3. The summed E-state index contributed by atoms with van der Waals surface area (Å²) in [6.07, 6.45) is -0.993. The average Bonchev–Trinajstić information content (AvgIpc) is 2.96. The molecule has 9 heteroatoms. The molecule has 3 atom stereocenters. The maximum absolute atomic E-state index is 12.5. The Hall–Kier alpha value is -2.26. The Balaban J connectivity index is 2.29. The molecule has 1 fully saturated rings. The van der Waals surface area contributed by atoms with Crippen molar-refractivity contribution in [3.63, 3.8) is 0 Å². The highest BCUT2D eigenvalue weighted by Gasteiger charge is 2.37. The van der Waals surface area contributed by atoms with Gasteiger partial charge in [-0.25, -0.2) is 4.79 Å². The molecule has 9 nitrogen and oxygen atoms in total. The van der Waals surface area contributed by atoms with Gasteiger partial charge in [0.05, 0.1) is 6.10 Å². The molecule has 0 unspecified atom stereocenters. The van der Waals surface area contributed by atoms with Gasteiger partial charge in [0, 0.05) is 31.0 Å². The molecule has 0 saturated carbocycles. The Kier molecular flexibility index (Phi) is 5.91. The third-order valence-electron chi connectivity index (χ3n) is 4.05. The van der Waals surface area contributed by atoms with E-state index in [1.54, 1.807) is 13.8 Å². The molecule has 1 saturated heterocycles. The highest BCUT2D eigenvalue weighted by Crippen LogP contribution is 2.27. The number of aliphatic hydroxyl groups excluding tert-OH is 1. The molecule has 0 spiro atoms. The van der Waals surface area contributed by atoms with Gasteiger partial charge in [-0.1, -0.05) is 13.8 Å². The molecule has 0 amide bonds. The number of ether oxygens (including phenoxy) is 2. The van der Waals surface area contributed by atoms with Crippen molar-refractivity contribution in [1.29, 1.82) is 0 Å². The van der Waals surface area contributed by atoms with E-state index >= 15 is 0 Å². The first-order chi connectivity index (χ1) is 11.8. The first-order valence-electron chi connectivity index (χ1n) is 8.17. The van der Waals surface area contributed by atoms with Gasteiger partial charge in [-0.3, -0.25) is 19.0 Å². The molecule has 2 rings (SSSR count). The smallest absolute Gasteiger partial charge is 0.340 e. The zero-order valence-corrected chi connectivity index (χ0v) is 14.4. The van der Waals surface area contributed by atoms with Crippen LogP contribution in [0.1, 0.15) is 49.7 Å². The summed E-state index contributed by atoms with van der Waals surface area (Å²) in [5.74, 6) is -1.03. The van der Waals surface area contributed by atoms with Crippen molar-refractivity contribution in [1.82, 2.24) is 9.13 Å². The van der Waals surface area contributed by atoms with E-state index in [1.807, 2.05) is 0 Å². The third-order valence-corrected chi connectivity index (χ3v) is 4.05. The van der Waals surface area contributed by atoms with Crippen LogP contribution in [0.4, 0.5) is 0 Å². The summed E-state index contributed by atoms with van der Waals surface area (Å²) in [4.78, 5) is 47.7. The Morgan fingerprint density at radius 2 is 2.00 bits per heavy atom. The number of aliphatic hydroxyl groups is 1. The van der Waals surface area contributed by atoms with Gasteiger partial charge in [-0.2, -0.15) is 4.57 Å². The molecule has 2 heterocycles. The topological polar surface area (TPSA) is 117 Å². The van der Waals surface area contributed by atoms with Crippen molar-refractivity contribution < 1.29 is 24.2 Å². The molecular weight excluding hydrogens is 332 g/mol. The van der Waals surface area contributed by atoms with Crippen LogP contribution in [0.2, 0.25) is 0 Å². The number of carbonyl (C=O) groups is 2. The van der Waals surface area contributed by atoms with Gasteiger partial charge in [0.25, 0.3) is 5.56 Å². The number of aryl methyl sites for hydroxylation is 1. The van der Waals surface area contributed by atoms with E-state index in [2.05, 4.69) is 0 Å². The molecule has 0 aromatic carbocycles. The van der Waals surface area contributed by atoms with Gasteiger partial charge in [0.15, 0.2) is 0 Å². The zero-order chi connectivity index (χ0) is 18.7. The fraction of sp³-hybridized carbons (Fsp3) is 0.625. The second kappa shape index (κ2) is 7.75. The van der Waals surface area contributed by atoms with E-state index < -0.39 is 41.6 Å². The van der Waals surface area contributed by atoms with Gasteiger partial charge in [0.2, 0.25) is 5.91 Å². The minimum atomic E-state index is -0.941. The fourth-order valence-corrected chi connectivity index (χ4v) is 2.60. The molecule has 1 aromatic rings. The molecule has 25 heavy (non-hydrogen) atoms. The van der Waals surface area contributed by atoms with Crippen molar-refractivity contribution in [3.8, 4) is 0 Å². The summed E-state index contributed by atoms with van der Waals surface area (Å²) in [7, 11) is 0. The van der Waals surface area contributed by atoms with Crippen LogP contribution in [-0.4, -0.2) is 44.9 Å². The van der Waals surface area contributed by atoms with E-state index in [0.717, 1.165) is 4.57 Å². The van der Waals surface area contributed by atoms with Gasteiger partial charge in [-0.15, -0.1) is 0 Å². The van der Waals surface area contributed by atoms with E-state index in [-0.39, 0.29) is 31.4 Å². The molecule has 0 aliphatic carbocycles. The van der Waals surface area contributed by atoms with Crippen LogP contribution in [0.5, 0.6) is 0 Å². The van der Waals surface area contributed by atoms with Crippen LogP contribution in [-0.2, 0) is 14.3 Å². The second-order valence-electron chi connectivity index (χ2n) is 5.86. The van der Waals surface area contributed by atoms with E-state index in [1.165, 1.54) is 13.1 Å². The summed E-state index contributed by atoms with van der Waals surface area (Å²) in [6, 6.07) is 0. The summed E-state index contributed by atoms with van der Waals surface area (Å²) in [5.41, 5.74) is -1.27. The second-order valence-corrected chi connectivity index (χ2v) is 5.86. The molecule has 1 aromatic heterocycles. The maximum atomic E-state index is 12.5. The fourth-order valence-electron chi connectivity index (χ4n) is 2.60. The minimum Gasteiger partial charge on any atom is -0.463 e. The predicted molar refractivity (Wildman–Crippen MR) is 86.4 cm³/mol. The highest BCUT2D eigenvalue weighted by molar-refractivity contribution is 5.78. The summed E-state index contributed by atoms with van der Waals surface area (Å²) in [5, 5.41) is 10.1. The lowest BCUT2D eigenvalue weighted by molar-refractivity contribution is -0.149. The zero-order valence-electron chi connectivity index (χ0n) is 14.4. The third kappa shape index (κ3) is 3.88. The maximum Gasteiger partial charge on any atom is 0.340 e. The number of hydrogen-bond donors (Lipinski definition) is 1. The largest absolute Gasteiger partial charge is 0.463 e. The predicted octanol–water partition coefficient (Wildman–Crippen LogP) is -0.0298. The van der Waals surface area contributed by atoms with Gasteiger partial charge in [-0.05, 0) is 6.92 Å². The number of esters is 1. The number of rotatable bonds is 5. The monoisotopic (exact) mass is 354 g/mol. The number of aromatic nitrogens is 2. The molecule has 1 N–H and O–H groups in total. The quantitative estimate of drug-likeness (QED) is 0.738. The molecule has 1 aliphatic heterocycles. The number of carbonyl (C=O) groups excluding carboxylic acids is 2. The Morgan fingerprint density at radius 1 is 1.32 bits per heavy atom. The number of hydrogen-bond acceptors (Lipinski definition) is 7. The van der Waals surface area contributed by atoms with E-state index in [0.29, 0.717) is 4.57 Å². The molecule has 0 radical (unpaired) electrons. The van der Waals surface area contributed by atoms with Crippen LogP contribution in [0.3, 0.4) is 0 Å². The van der Waals surface area contributed by atoms with Crippen LogP contribution < -0.4 is 11.2 Å². The minimum absolute atomic E-state index is 0.00232. The Morgan fingerprint density at radius 3 is 2.60 bits per heavy atom. The van der Waals surface area contributed by atoms with E-state index in [9.17, 15) is 24.3 Å². The highest BCUT2D eigenvalue weighted by atomic mass is 16.6. The van der Waals surface area contributed by atoms with Crippen LogP contribution in [0.25, 0.3) is 0 Å². The van der Waals surface area contributed by atoms with Crippen molar-refractivity contribution in [3.05, 3.63) is 32.6 Å². The molecule has 138 valence electrons. The average molecular weight is 354 g/mol. The van der Waals surface area contributed by atoms with Crippen molar-refractivity contribution in [2.24, 2.45) is 0 Å². The standard InChI is InChI=1S/C16H22N2O7/c1-4-12(20)18-15(22)9(3)7-17(16(18)23)13-6-10(19)11(25-13)8-24-14(21)5-2/h7,10-11,13,19H,4-6,8H2,1-3H3/t10-,11+,13+/m0/s1. The first kappa shape index (κ1) is 19.1. The summed E-state index contributed by atoms with van der Waals surface area (Å²) >= 11 is 0. The van der Waals surface area contributed by atoms with Gasteiger partial charge in [0.1, 0.15) is 18.9 Å². The molecule has 0 bridgehead atoms. The van der Waals surface area contributed by atoms with Crippen LogP contribution in [0.15, 0.2) is 15.8 Å². The molecular formula is C16H22N2O7. The lowest BCUT2D eigenvalue weighted by atomic mass is 10.2. The van der Waals surface area contributed by atoms with Gasteiger partial charge >= 0.3 is 11.7 Å². The summed E-state index contributed by atoms with van der Waals surface area (Å²) in [6.45, 7) is 4.55. The van der Waals surface area contributed by atoms with Crippen LogP contribution in [0, 0.1) is 6.92 Å². The lowest BCUT2D eigenvalue weighted by Crippen LogP contribution is -2.45. The molecule has 1 aliphatic rings. The SMILES string of the molecule is CCC(=O)OC[C@H]1O[C@@H](n2cc(C)c(=O)n(C(=O)CC)c2=O)C[C@@H]1O. The van der Waals surface area contributed by atoms with Crippen molar-refractivity contribution in [2.45, 2.75) is 58.5 Å². The Labute approximate surface area is 143 Å².